The van der Waals surface area contributed by atoms with Crippen molar-refractivity contribution >= 4 is 11.7 Å². The smallest absolute Gasteiger partial charge is 0.133 e. The Morgan fingerprint density at radius 3 is 2.53 bits per heavy atom. The molecule has 0 bridgehead atoms. The van der Waals surface area contributed by atoms with E-state index in [2.05, 4.69) is 5.94 Å². The Hall–Kier alpha value is -2.85. The third-order valence-corrected chi connectivity index (χ3v) is 5.15. The third kappa shape index (κ3) is 5.19. The maximum Gasteiger partial charge on any atom is 0.133 e. The fraction of sp³-hybridized carbons (Fsp3) is 0.360. The van der Waals surface area contributed by atoms with Crippen LogP contribution in [0.15, 0.2) is 53.6 Å². The van der Waals surface area contributed by atoms with Crippen LogP contribution in [0.1, 0.15) is 29.2 Å². The number of aryl methyl sites for hydroxylation is 2. The van der Waals surface area contributed by atoms with E-state index in [4.69, 9.17) is 14.2 Å². The van der Waals surface area contributed by atoms with Crippen LogP contribution in [0.2, 0.25) is 0 Å². The van der Waals surface area contributed by atoms with Crippen LogP contribution in [0, 0.1) is 19.8 Å². The normalized spacial score (nSPS) is 15.2. The fourth-order valence-corrected chi connectivity index (χ4v) is 3.72. The van der Waals surface area contributed by atoms with Crippen molar-refractivity contribution in [3.63, 3.8) is 0 Å². The molecular weight excluding hydrogens is 380 g/mol. The molecule has 30 heavy (non-hydrogen) atoms. The molecule has 2 aromatic rings. The molecule has 0 spiro atoms. The van der Waals surface area contributed by atoms with Crippen molar-refractivity contribution in [2.45, 2.75) is 27.4 Å². The molecule has 0 radical (unpaired) electrons. The van der Waals surface area contributed by atoms with Crippen molar-refractivity contribution in [1.29, 1.82) is 0 Å². The Labute approximate surface area is 177 Å². The maximum atomic E-state index is 12.0. The van der Waals surface area contributed by atoms with Crippen LogP contribution in [0.25, 0.3) is 5.76 Å². The monoisotopic (exact) mass is 408 g/mol. The minimum Gasteiger partial charge on any atom is -0.508 e. The molecule has 5 heteroatoms. The molecule has 0 saturated carbocycles. The van der Waals surface area contributed by atoms with Crippen LogP contribution < -0.4 is 0 Å². The zero-order valence-corrected chi connectivity index (χ0v) is 17.7. The molecule has 0 saturated heterocycles. The average Bonchev–Trinajstić information content (AvgIpc) is 2.95. The predicted molar refractivity (Wildman–Crippen MR) is 116 cm³/mol. The lowest BCUT2D eigenvalue weighted by molar-refractivity contribution is 0.100. The molecule has 1 aliphatic rings. The lowest BCUT2D eigenvalue weighted by atomic mass is 9.90. The summed E-state index contributed by atoms with van der Waals surface area (Å²) in [6, 6.07) is 13.3. The van der Waals surface area contributed by atoms with Crippen molar-refractivity contribution in [2.75, 3.05) is 26.4 Å². The van der Waals surface area contributed by atoms with Gasteiger partial charge in [0.15, 0.2) is 0 Å². The Balaban J connectivity index is 1.88. The summed E-state index contributed by atoms with van der Waals surface area (Å²) in [6.07, 6.45) is 0. The van der Waals surface area contributed by atoms with Gasteiger partial charge in [-0.1, -0.05) is 37.3 Å². The predicted octanol–water partition coefficient (Wildman–Crippen LogP) is 4.38. The van der Waals surface area contributed by atoms with Gasteiger partial charge >= 0.3 is 0 Å². The molecule has 3 rings (SSSR count). The number of benzene rings is 2. The number of hydrogen-bond donors (Lipinski definition) is 1. The molecule has 1 atom stereocenters. The van der Waals surface area contributed by atoms with E-state index in [-0.39, 0.29) is 18.3 Å². The number of ether oxygens (including phenoxy) is 3. The van der Waals surface area contributed by atoms with E-state index in [1.807, 2.05) is 51.1 Å². The van der Waals surface area contributed by atoms with E-state index in [1.165, 1.54) is 0 Å². The highest BCUT2D eigenvalue weighted by molar-refractivity contribution is 5.77. The minimum absolute atomic E-state index is 0.181. The molecule has 1 unspecified atom stereocenters. The second-order valence-electron chi connectivity index (χ2n) is 7.58. The summed E-state index contributed by atoms with van der Waals surface area (Å²) in [5.41, 5.74) is 4.89. The van der Waals surface area contributed by atoms with Crippen molar-refractivity contribution in [2.24, 2.45) is 5.92 Å². The first-order valence-electron chi connectivity index (χ1n) is 10.1. The number of hydrogen-bond acceptors (Lipinski definition) is 5. The van der Waals surface area contributed by atoms with E-state index >= 15 is 0 Å². The van der Waals surface area contributed by atoms with Gasteiger partial charge in [0.05, 0.1) is 32.0 Å². The molecule has 1 aliphatic heterocycles. The van der Waals surface area contributed by atoms with Crippen LogP contribution in [0.5, 0.6) is 5.75 Å². The van der Waals surface area contributed by atoms with Crippen LogP contribution in [-0.2, 0) is 25.6 Å². The van der Waals surface area contributed by atoms with Gasteiger partial charge in [0.1, 0.15) is 24.1 Å². The van der Waals surface area contributed by atoms with Crippen molar-refractivity contribution in [1.82, 2.24) is 0 Å². The van der Waals surface area contributed by atoms with E-state index in [9.17, 15) is 9.90 Å². The van der Waals surface area contributed by atoms with Gasteiger partial charge in [-0.2, -0.15) is 0 Å². The molecule has 0 aliphatic carbocycles. The summed E-state index contributed by atoms with van der Waals surface area (Å²) in [5.74, 6) is 2.76. The number of carbonyl (C=O) groups excluding carboxylic acids is 1. The number of rotatable bonds is 7. The molecule has 1 N–H and O–H groups in total. The van der Waals surface area contributed by atoms with Gasteiger partial charge in [0.25, 0.3) is 0 Å². The van der Waals surface area contributed by atoms with Gasteiger partial charge < -0.3 is 19.3 Å². The molecular formula is C25H28O5. The zero-order chi connectivity index (χ0) is 21.5. The summed E-state index contributed by atoms with van der Waals surface area (Å²) in [7, 11) is 0. The van der Waals surface area contributed by atoms with Gasteiger partial charge in [0.2, 0.25) is 0 Å². The summed E-state index contributed by atoms with van der Waals surface area (Å²) in [5, 5.41) is 9.91. The Kier molecular flexibility index (Phi) is 7.47. The Morgan fingerprint density at radius 2 is 1.87 bits per heavy atom. The summed E-state index contributed by atoms with van der Waals surface area (Å²) in [4.78, 5) is 12.0. The van der Waals surface area contributed by atoms with Crippen LogP contribution in [-0.4, -0.2) is 37.5 Å². The molecule has 0 amide bonds. The van der Waals surface area contributed by atoms with Gasteiger partial charge in [-0.05, 0) is 42.7 Å². The van der Waals surface area contributed by atoms with Gasteiger partial charge in [-0.25, -0.2) is 4.79 Å². The molecule has 0 fully saturated rings. The highest BCUT2D eigenvalue weighted by atomic mass is 16.5. The SMILES string of the molecule is Cc1cc(O)cc(C)c1C1=C(C(=C=O)C(C)COCc2ccccc2)COCCO1. The summed E-state index contributed by atoms with van der Waals surface area (Å²) in [6.45, 7) is 7.73. The topological polar surface area (TPSA) is 65.0 Å². The van der Waals surface area contributed by atoms with Crippen molar-refractivity contribution in [3.8, 4) is 5.75 Å². The standard InChI is InChI=1S/C25H28O5/c1-17-11-21(27)12-18(2)24(17)25-23(16-28-9-10-30-25)22(13-26)19(3)14-29-15-20-7-5-4-6-8-20/h4-8,11-12,19,27H,9-10,14-16H2,1-3H3. The second kappa shape index (κ2) is 10.3. The van der Waals surface area contributed by atoms with Gasteiger partial charge in [-0.3, -0.25) is 0 Å². The average molecular weight is 408 g/mol. The number of phenols is 1. The van der Waals surface area contributed by atoms with Crippen molar-refractivity contribution in [3.05, 3.63) is 75.9 Å². The van der Waals surface area contributed by atoms with Gasteiger partial charge in [-0.15, -0.1) is 0 Å². The largest absolute Gasteiger partial charge is 0.508 e. The zero-order valence-electron chi connectivity index (χ0n) is 17.7. The Morgan fingerprint density at radius 1 is 1.17 bits per heavy atom. The fourth-order valence-electron chi connectivity index (χ4n) is 3.72. The third-order valence-electron chi connectivity index (χ3n) is 5.15. The summed E-state index contributed by atoms with van der Waals surface area (Å²) < 4.78 is 17.6. The minimum atomic E-state index is -0.181. The number of aromatic hydroxyl groups is 1. The number of phenolic OH excluding ortho intramolecular Hbond substituents is 1. The first-order valence-corrected chi connectivity index (χ1v) is 10.1. The first-order chi connectivity index (χ1) is 14.5. The lowest BCUT2D eigenvalue weighted by Crippen LogP contribution is -2.15. The lowest BCUT2D eigenvalue weighted by Gasteiger charge is -2.20. The van der Waals surface area contributed by atoms with Crippen LogP contribution >= 0.6 is 0 Å². The highest BCUT2D eigenvalue weighted by Gasteiger charge is 2.25. The highest BCUT2D eigenvalue weighted by Crippen LogP contribution is 2.34. The van der Waals surface area contributed by atoms with Crippen molar-refractivity contribution < 1.29 is 24.1 Å². The Bertz CT molecular complexity index is 932. The van der Waals surface area contributed by atoms with Crippen LogP contribution in [0.4, 0.5) is 0 Å². The maximum absolute atomic E-state index is 12.0. The molecule has 0 aromatic heterocycles. The van der Waals surface area contributed by atoms with E-state index < -0.39 is 0 Å². The second-order valence-corrected chi connectivity index (χ2v) is 7.58. The molecule has 1 heterocycles. The van der Waals surface area contributed by atoms with Gasteiger partial charge in [0, 0.05) is 17.1 Å². The van der Waals surface area contributed by atoms with E-state index in [0.717, 1.165) is 22.3 Å². The molecule has 2 aromatic carbocycles. The molecule has 158 valence electrons. The molecule has 5 nitrogen and oxygen atoms in total. The first kappa shape index (κ1) is 21.8. The van der Waals surface area contributed by atoms with E-state index in [1.54, 1.807) is 12.1 Å². The van der Waals surface area contributed by atoms with Crippen LogP contribution in [0.3, 0.4) is 0 Å². The quantitative estimate of drug-likeness (QED) is 0.689. The summed E-state index contributed by atoms with van der Waals surface area (Å²) >= 11 is 0. The van der Waals surface area contributed by atoms with E-state index in [0.29, 0.717) is 43.3 Å².